The number of thiophene rings is 1. The van der Waals surface area contributed by atoms with E-state index in [4.69, 9.17) is 0 Å². The van der Waals surface area contributed by atoms with E-state index < -0.39 is 0 Å². The van der Waals surface area contributed by atoms with Gasteiger partial charge in [0.2, 0.25) is 0 Å². The molecule has 0 saturated carbocycles. The molecule has 1 nitrogen and oxygen atoms in total. The summed E-state index contributed by atoms with van der Waals surface area (Å²) in [5, 5.41) is 3.43. The summed E-state index contributed by atoms with van der Waals surface area (Å²) in [4.78, 5) is 1.49. The van der Waals surface area contributed by atoms with Crippen molar-refractivity contribution in [3.63, 3.8) is 0 Å². The SMILES string of the molecule is CC(C)NCCCCc1ccc(Br)s1. The Labute approximate surface area is 99.0 Å². The van der Waals surface area contributed by atoms with E-state index >= 15 is 0 Å². The summed E-state index contributed by atoms with van der Waals surface area (Å²) in [5.74, 6) is 0. The molecule has 3 heteroatoms. The highest BCUT2D eigenvalue weighted by atomic mass is 79.9. The van der Waals surface area contributed by atoms with Crippen LogP contribution in [0.3, 0.4) is 0 Å². The summed E-state index contributed by atoms with van der Waals surface area (Å²) in [5.41, 5.74) is 0. The van der Waals surface area contributed by atoms with Crippen molar-refractivity contribution >= 4 is 27.3 Å². The fourth-order valence-electron chi connectivity index (χ4n) is 1.30. The van der Waals surface area contributed by atoms with Crippen molar-refractivity contribution in [2.24, 2.45) is 0 Å². The second kappa shape index (κ2) is 6.59. The Bertz CT molecular complexity index is 258. The topological polar surface area (TPSA) is 12.0 Å². The van der Waals surface area contributed by atoms with Crippen molar-refractivity contribution in [3.05, 3.63) is 20.8 Å². The largest absolute Gasteiger partial charge is 0.315 e. The third kappa shape index (κ3) is 5.13. The normalized spacial score (nSPS) is 11.1. The average molecular weight is 276 g/mol. The quantitative estimate of drug-likeness (QED) is 0.779. The van der Waals surface area contributed by atoms with Crippen molar-refractivity contribution in [3.8, 4) is 0 Å². The van der Waals surface area contributed by atoms with E-state index in [1.165, 1.54) is 27.9 Å². The number of hydrogen-bond donors (Lipinski definition) is 1. The minimum absolute atomic E-state index is 0.617. The Balaban J connectivity index is 2.04. The van der Waals surface area contributed by atoms with Crippen molar-refractivity contribution in [2.45, 2.75) is 39.2 Å². The molecule has 80 valence electrons. The monoisotopic (exact) mass is 275 g/mol. The van der Waals surface area contributed by atoms with Crippen LogP contribution in [0.1, 0.15) is 31.6 Å². The zero-order valence-electron chi connectivity index (χ0n) is 8.85. The highest BCUT2D eigenvalue weighted by molar-refractivity contribution is 9.11. The van der Waals surface area contributed by atoms with E-state index in [2.05, 4.69) is 47.2 Å². The van der Waals surface area contributed by atoms with Crippen molar-refractivity contribution in [2.75, 3.05) is 6.54 Å². The fourth-order valence-corrected chi connectivity index (χ4v) is 2.83. The second-order valence-electron chi connectivity index (χ2n) is 3.77. The lowest BCUT2D eigenvalue weighted by Crippen LogP contribution is -2.23. The van der Waals surface area contributed by atoms with Gasteiger partial charge in [0.05, 0.1) is 3.79 Å². The molecule has 0 bridgehead atoms. The van der Waals surface area contributed by atoms with Crippen LogP contribution in [0.5, 0.6) is 0 Å². The molecule has 0 radical (unpaired) electrons. The summed E-state index contributed by atoms with van der Waals surface area (Å²) >= 11 is 5.33. The highest BCUT2D eigenvalue weighted by Gasteiger charge is 1.97. The van der Waals surface area contributed by atoms with Crippen LogP contribution in [-0.2, 0) is 6.42 Å². The summed E-state index contributed by atoms with van der Waals surface area (Å²) in [7, 11) is 0. The zero-order valence-corrected chi connectivity index (χ0v) is 11.2. The van der Waals surface area contributed by atoms with Crippen LogP contribution in [0.15, 0.2) is 15.9 Å². The number of unbranched alkanes of at least 4 members (excludes halogenated alkanes) is 1. The first-order valence-corrected chi connectivity index (χ1v) is 6.77. The fraction of sp³-hybridized carbons (Fsp3) is 0.636. The number of rotatable bonds is 6. The molecule has 0 unspecified atom stereocenters. The number of hydrogen-bond acceptors (Lipinski definition) is 2. The maximum atomic E-state index is 3.48. The average Bonchev–Trinajstić information content (AvgIpc) is 2.50. The summed E-state index contributed by atoms with van der Waals surface area (Å²) in [6.07, 6.45) is 3.77. The molecule has 0 amide bonds. The molecule has 0 aromatic carbocycles. The third-order valence-electron chi connectivity index (χ3n) is 2.03. The number of nitrogens with one attached hydrogen (secondary N) is 1. The van der Waals surface area contributed by atoms with Crippen molar-refractivity contribution in [1.29, 1.82) is 0 Å². The molecular formula is C11H18BrNS. The van der Waals surface area contributed by atoms with Gasteiger partial charge in [-0.2, -0.15) is 0 Å². The molecule has 1 heterocycles. The van der Waals surface area contributed by atoms with Gasteiger partial charge in [0.15, 0.2) is 0 Å². The van der Waals surface area contributed by atoms with Gasteiger partial charge < -0.3 is 5.32 Å². The van der Waals surface area contributed by atoms with Gasteiger partial charge in [0.25, 0.3) is 0 Å². The summed E-state index contributed by atoms with van der Waals surface area (Å²) in [6, 6.07) is 4.96. The molecule has 0 fully saturated rings. The Morgan fingerprint density at radius 3 is 2.71 bits per heavy atom. The maximum absolute atomic E-state index is 3.48. The van der Waals surface area contributed by atoms with Crippen molar-refractivity contribution in [1.82, 2.24) is 5.32 Å². The first-order valence-electron chi connectivity index (χ1n) is 5.16. The van der Waals surface area contributed by atoms with Crippen LogP contribution in [0.25, 0.3) is 0 Å². The first kappa shape index (κ1) is 12.2. The minimum Gasteiger partial charge on any atom is -0.315 e. The van der Waals surface area contributed by atoms with E-state index in [-0.39, 0.29) is 0 Å². The molecule has 0 aliphatic carbocycles. The molecule has 0 spiro atoms. The predicted molar refractivity (Wildman–Crippen MR) is 68.1 cm³/mol. The lowest BCUT2D eigenvalue weighted by Gasteiger charge is -2.06. The molecule has 0 saturated heterocycles. The van der Waals surface area contributed by atoms with Crippen LogP contribution in [0.2, 0.25) is 0 Å². The van der Waals surface area contributed by atoms with Gasteiger partial charge in [-0.05, 0) is 53.9 Å². The maximum Gasteiger partial charge on any atom is 0.0701 e. The Kier molecular flexibility index (Phi) is 5.75. The summed E-state index contributed by atoms with van der Waals surface area (Å²) in [6.45, 7) is 5.52. The van der Waals surface area contributed by atoms with Gasteiger partial charge in [-0.25, -0.2) is 0 Å². The van der Waals surface area contributed by atoms with E-state index in [0.29, 0.717) is 6.04 Å². The Morgan fingerprint density at radius 1 is 1.36 bits per heavy atom. The van der Waals surface area contributed by atoms with Gasteiger partial charge >= 0.3 is 0 Å². The number of halogens is 1. The van der Waals surface area contributed by atoms with Crippen LogP contribution in [-0.4, -0.2) is 12.6 Å². The van der Waals surface area contributed by atoms with E-state index in [1.54, 1.807) is 0 Å². The van der Waals surface area contributed by atoms with Crippen molar-refractivity contribution < 1.29 is 0 Å². The smallest absolute Gasteiger partial charge is 0.0701 e. The zero-order chi connectivity index (χ0) is 10.4. The molecule has 1 aromatic heterocycles. The Hall–Kier alpha value is 0.140. The summed E-state index contributed by atoms with van der Waals surface area (Å²) < 4.78 is 1.24. The molecular weight excluding hydrogens is 258 g/mol. The van der Waals surface area contributed by atoms with Crippen LogP contribution < -0.4 is 5.32 Å². The standard InChI is InChI=1S/C11H18BrNS/c1-9(2)13-8-4-3-5-10-6-7-11(12)14-10/h6-7,9,13H,3-5,8H2,1-2H3. The third-order valence-corrected chi connectivity index (χ3v) is 3.71. The lowest BCUT2D eigenvalue weighted by molar-refractivity contribution is 0.558. The van der Waals surface area contributed by atoms with Crippen LogP contribution >= 0.6 is 27.3 Å². The first-order chi connectivity index (χ1) is 6.68. The van der Waals surface area contributed by atoms with E-state index in [0.717, 1.165) is 6.54 Å². The van der Waals surface area contributed by atoms with Gasteiger partial charge in [0, 0.05) is 10.9 Å². The van der Waals surface area contributed by atoms with Gasteiger partial charge in [-0.15, -0.1) is 11.3 Å². The Morgan fingerprint density at radius 2 is 2.14 bits per heavy atom. The molecule has 0 atom stereocenters. The molecule has 1 rings (SSSR count). The van der Waals surface area contributed by atoms with E-state index in [9.17, 15) is 0 Å². The van der Waals surface area contributed by atoms with Gasteiger partial charge in [0.1, 0.15) is 0 Å². The molecule has 0 aliphatic heterocycles. The predicted octanol–water partition coefficient (Wildman–Crippen LogP) is 3.83. The molecule has 1 N–H and O–H groups in total. The second-order valence-corrected chi connectivity index (χ2v) is 6.32. The van der Waals surface area contributed by atoms with E-state index in [1.807, 2.05) is 11.3 Å². The van der Waals surface area contributed by atoms with Crippen LogP contribution in [0.4, 0.5) is 0 Å². The highest BCUT2D eigenvalue weighted by Crippen LogP contribution is 2.23. The van der Waals surface area contributed by atoms with Gasteiger partial charge in [-0.1, -0.05) is 13.8 Å². The van der Waals surface area contributed by atoms with Crippen LogP contribution in [0, 0.1) is 0 Å². The minimum atomic E-state index is 0.617. The molecule has 1 aromatic rings. The molecule has 14 heavy (non-hydrogen) atoms. The molecule has 0 aliphatic rings. The lowest BCUT2D eigenvalue weighted by atomic mass is 10.2. The number of aryl methyl sites for hydroxylation is 1. The van der Waals surface area contributed by atoms with Gasteiger partial charge in [-0.3, -0.25) is 0 Å².